The second-order valence-electron chi connectivity index (χ2n) is 9.46. The molecule has 5 rings (SSSR count). The SMILES string of the molecule is CN1C(=O)C(NC(=O)c2cc(Oc3ccccc3)ccn2)CCC2=CC=C(c3ccc(Cl)nc3)CC21C. The van der Waals surface area contributed by atoms with Gasteiger partial charge in [0.2, 0.25) is 5.91 Å². The average molecular weight is 515 g/mol. The number of para-hydroxylation sites is 1. The van der Waals surface area contributed by atoms with E-state index in [-0.39, 0.29) is 11.6 Å². The van der Waals surface area contributed by atoms with Crippen LogP contribution in [0.2, 0.25) is 5.15 Å². The van der Waals surface area contributed by atoms with E-state index in [0.717, 1.165) is 16.7 Å². The number of aromatic nitrogens is 2. The fraction of sp³-hybridized carbons (Fsp3) is 0.241. The number of halogens is 1. The first-order chi connectivity index (χ1) is 17.8. The van der Waals surface area contributed by atoms with Gasteiger partial charge >= 0.3 is 0 Å². The summed E-state index contributed by atoms with van der Waals surface area (Å²) in [5, 5.41) is 3.34. The smallest absolute Gasteiger partial charge is 0.270 e. The monoisotopic (exact) mass is 514 g/mol. The number of allylic oxidation sites excluding steroid dienone is 2. The largest absolute Gasteiger partial charge is 0.457 e. The number of carbonyl (C=O) groups excluding carboxylic acids is 2. The summed E-state index contributed by atoms with van der Waals surface area (Å²) < 4.78 is 5.83. The van der Waals surface area contributed by atoms with Crippen molar-refractivity contribution in [2.75, 3.05) is 7.05 Å². The first kappa shape index (κ1) is 24.7. The molecule has 2 unspecified atom stereocenters. The molecule has 2 atom stereocenters. The molecule has 0 bridgehead atoms. The number of nitrogens with one attached hydrogen (secondary N) is 1. The Kier molecular flexibility index (Phi) is 6.80. The highest BCUT2D eigenvalue weighted by Gasteiger charge is 2.43. The van der Waals surface area contributed by atoms with Crippen molar-refractivity contribution < 1.29 is 14.3 Å². The second kappa shape index (κ2) is 10.2. The molecule has 2 aliphatic rings. The number of carbonyl (C=O) groups is 2. The molecule has 8 heteroatoms. The van der Waals surface area contributed by atoms with Gasteiger partial charge in [-0.1, -0.05) is 48.0 Å². The van der Waals surface area contributed by atoms with Crippen LogP contribution in [0.4, 0.5) is 0 Å². The van der Waals surface area contributed by atoms with Crippen molar-refractivity contribution in [3.63, 3.8) is 0 Å². The number of likely N-dealkylation sites (tertiary alicyclic amines) is 1. The Morgan fingerprint density at radius 2 is 1.92 bits per heavy atom. The van der Waals surface area contributed by atoms with E-state index in [4.69, 9.17) is 16.3 Å². The quantitative estimate of drug-likeness (QED) is 0.458. The maximum absolute atomic E-state index is 13.6. The van der Waals surface area contributed by atoms with E-state index in [1.165, 1.54) is 6.20 Å². The van der Waals surface area contributed by atoms with Crippen LogP contribution in [0, 0.1) is 0 Å². The van der Waals surface area contributed by atoms with Crippen molar-refractivity contribution in [3.05, 3.63) is 101 Å². The summed E-state index contributed by atoms with van der Waals surface area (Å²) in [6.07, 6.45) is 9.28. The molecule has 3 heterocycles. The lowest BCUT2D eigenvalue weighted by atomic mass is 9.77. The van der Waals surface area contributed by atoms with Crippen molar-refractivity contribution in [3.8, 4) is 11.5 Å². The number of hydrogen-bond acceptors (Lipinski definition) is 5. The number of fused-ring (bicyclic) bond motifs is 1. The zero-order valence-corrected chi connectivity index (χ0v) is 21.4. The molecule has 2 amide bonds. The maximum Gasteiger partial charge on any atom is 0.270 e. The predicted molar refractivity (Wildman–Crippen MR) is 142 cm³/mol. The molecule has 37 heavy (non-hydrogen) atoms. The van der Waals surface area contributed by atoms with E-state index in [1.54, 1.807) is 36.3 Å². The van der Waals surface area contributed by atoms with Gasteiger partial charge in [0.1, 0.15) is 28.4 Å². The van der Waals surface area contributed by atoms with E-state index >= 15 is 0 Å². The summed E-state index contributed by atoms with van der Waals surface area (Å²) in [7, 11) is 1.80. The Bertz CT molecular complexity index is 1390. The highest BCUT2D eigenvalue weighted by Crippen LogP contribution is 2.42. The number of hydrogen-bond donors (Lipinski definition) is 1. The fourth-order valence-electron chi connectivity index (χ4n) is 4.86. The summed E-state index contributed by atoms with van der Waals surface area (Å²) in [6, 6.07) is 15.6. The molecule has 0 spiro atoms. The highest BCUT2D eigenvalue weighted by molar-refractivity contribution is 6.29. The Hall–Kier alpha value is -3.97. The zero-order chi connectivity index (χ0) is 26.0. The van der Waals surface area contributed by atoms with E-state index in [9.17, 15) is 9.59 Å². The Morgan fingerprint density at radius 1 is 1.11 bits per heavy atom. The molecular formula is C29H27ClN4O3. The first-order valence-corrected chi connectivity index (χ1v) is 12.5. The molecule has 2 aromatic heterocycles. The number of likely N-dealkylation sites (N-methyl/N-ethyl adjacent to an activating group) is 1. The molecule has 1 N–H and O–H groups in total. The molecule has 1 saturated heterocycles. The number of ether oxygens (including phenoxy) is 1. The lowest BCUT2D eigenvalue weighted by Crippen LogP contribution is -2.54. The van der Waals surface area contributed by atoms with Gasteiger partial charge in [-0.25, -0.2) is 4.98 Å². The molecule has 0 radical (unpaired) electrons. The van der Waals surface area contributed by atoms with Crippen LogP contribution in [0.5, 0.6) is 11.5 Å². The van der Waals surface area contributed by atoms with Crippen LogP contribution >= 0.6 is 11.6 Å². The lowest BCUT2D eigenvalue weighted by Gasteiger charge is -2.42. The van der Waals surface area contributed by atoms with Crippen molar-refractivity contribution in [1.82, 2.24) is 20.2 Å². The van der Waals surface area contributed by atoms with Crippen LogP contribution in [0.25, 0.3) is 5.57 Å². The topological polar surface area (TPSA) is 84.4 Å². The molecular weight excluding hydrogens is 488 g/mol. The van der Waals surface area contributed by atoms with Gasteiger partial charge in [-0.3, -0.25) is 14.6 Å². The molecule has 188 valence electrons. The summed E-state index contributed by atoms with van der Waals surface area (Å²) >= 11 is 5.96. The summed E-state index contributed by atoms with van der Waals surface area (Å²) in [4.78, 5) is 36.8. The number of benzene rings is 1. The first-order valence-electron chi connectivity index (χ1n) is 12.1. The minimum Gasteiger partial charge on any atom is -0.457 e. The van der Waals surface area contributed by atoms with Crippen LogP contribution in [0.15, 0.2) is 84.7 Å². The third kappa shape index (κ3) is 5.13. The van der Waals surface area contributed by atoms with E-state index < -0.39 is 17.5 Å². The van der Waals surface area contributed by atoms with Gasteiger partial charge in [0.05, 0.1) is 5.54 Å². The molecule has 1 aliphatic carbocycles. The Morgan fingerprint density at radius 3 is 2.68 bits per heavy atom. The molecule has 1 fully saturated rings. The van der Waals surface area contributed by atoms with Crippen molar-refractivity contribution in [1.29, 1.82) is 0 Å². The van der Waals surface area contributed by atoms with Crippen LogP contribution in [0.1, 0.15) is 42.2 Å². The minimum atomic E-state index is -0.665. The zero-order valence-electron chi connectivity index (χ0n) is 20.6. The number of nitrogens with zero attached hydrogens (tertiary/aromatic N) is 3. The van der Waals surface area contributed by atoms with Crippen LogP contribution in [-0.4, -0.2) is 45.3 Å². The third-order valence-corrected chi connectivity index (χ3v) is 7.35. The maximum atomic E-state index is 13.6. The van der Waals surface area contributed by atoms with Gasteiger partial charge in [-0.2, -0.15) is 0 Å². The van der Waals surface area contributed by atoms with E-state index in [2.05, 4.69) is 34.4 Å². The summed E-state index contributed by atoms with van der Waals surface area (Å²) in [6.45, 7) is 2.07. The van der Waals surface area contributed by atoms with Gasteiger partial charge in [0.25, 0.3) is 5.91 Å². The molecule has 7 nitrogen and oxygen atoms in total. The van der Waals surface area contributed by atoms with Crippen molar-refractivity contribution in [2.24, 2.45) is 0 Å². The van der Waals surface area contributed by atoms with E-state index in [1.807, 2.05) is 36.4 Å². The van der Waals surface area contributed by atoms with Crippen LogP contribution < -0.4 is 10.1 Å². The van der Waals surface area contributed by atoms with Crippen LogP contribution in [0.3, 0.4) is 0 Å². The third-order valence-electron chi connectivity index (χ3n) is 7.13. The fourth-order valence-corrected chi connectivity index (χ4v) is 4.98. The van der Waals surface area contributed by atoms with Gasteiger partial charge in [-0.05, 0) is 67.2 Å². The molecule has 1 aliphatic heterocycles. The summed E-state index contributed by atoms with van der Waals surface area (Å²) in [5.41, 5.74) is 2.89. The standard InChI is InChI=1S/C29H27ClN4O3/c1-29-17-19(20-9-13-26(30)32-18-20)8-10-21(29)11-12-24(28(36)34(29)2)33-27(35)25-16-23(14-15-31-25)37-22-6-4-3-5-7-22/h3-10,13-16,18,24H,11-12,17H2,1-2H3,(H,33,35). The highest BCUT2D eigenvalue weighted by atomic mass is 35.5. The van der Waals surface area contributed by atoms with Crippen molar-refractivity contribution >= 4 is 29.0 Å². The second-order valence-corrected chi connectivity index (χ2v) is 9.85. The number of pyridine rings is 2. The Balaban J connectivity index is 1.31. The average Bonchev–Trinajstić information content (AvgIpc) is 3.00. The molecule has 1 aromatic carbocycles. The summed E-state index contributed by atoms with van der Waals surface area (Å²) in [5.74, 6) is 0.605. The van der Waals surface area contributed by atoms with Crippen molar-refractivity contribution in [2.45, 2.75) is 37.8 Å². The van der Waals surface area contributed by atoms with Crippen LogP contribution in [-0.2, 0) is 4.79 Å². The lowest BCUT2D eigenvalue weighted by molar-refractivity contribution is -0.135. The van der Waals surface area contributed by atoms with Gasteiger partial charge in [0, 0.05) is 25.5 Å². The molecule has 3 aromatic rings. The van der Waals surface area contributed by atoms with E-state index in [0.29, 0.717) is 35.9 Å². The number of rotatable bonds is 5. The van der Waals surface area contributed by atoms with Gasteiger partial charge in [0.15, 0.2) is 0 Å². The van der Waals surface area contributed by atoms with Gasteiger partial charge < -0.3 is 15.0 Å². The number of amides is 2. The Labute approximate surface area is 220 Å². The molecule has 0 saturated carbocycles. The van der Waals surface area contributed by atoms with Gasteiger partial charge in [-0.15, -0.1) is 0 Å². The normalized spacial score (nSPS) is 21.3. The minimum absolute atomic E-state index is 0.133. The predicted octanol–water partition coefficient (Wildman–Crippen LogP) is 5.45.